The molecule has 3 aromatic rings. The first-order valence-corrected chi connectivity index (χ1v) is 8.67. The van der Waals surface area contributed by atoms with Crippen LogP contribution in [0.25, 0.3) is 0 Å². The first kappa shape index (κ1) is 14.8. The van der Waals surface area contributed by atoms with Crippen LogP contribution in [0.3, 0.4) is 0 Å². The number of aromatic nitrogens is 2. The second-order valence-electron chi connectivity index (χ2n) is 5.70. The zero-order chi connectivity index (χ0) is 16.4. The summed E-state index contributed by atoms with van der Waals surface area (Å²) in [7, 11) is 0. The fourth-order valence-corrected chi connectivity index (χ4v) is 3.39. The normalized spacial score (nSPS) is 12.9. The molecule has 120 valence electrons. The Labute approximate surface area is 144 Å². The van der Waals surface area contributed by atoms with Crippen molar-refractivity contribution in [3.63, 3.8) is 0 Å². The van der Waals surface area contributed by atoms with E-state index in [0.29, 0.717) is 10.7 Å². The number of para-hydroxylation sites is 1. The van der Waals surface area contributed by atoms with Crippen LogP contribution in [0.15, 0.2) is 54.0 Å². The molecule has 0 spiro atoms. The maximum atomic E-state index is 12.1. The van der Waals surface area contributed by atoms with Crippen LogP contribution in [0.4, 0.5) is 10.8 Å². The molecule has 0 unspecified atom stereocenters. The smallest absolute Gasteiger partial charge is 0.257 e. The average molecular weight is 336 g/mol. The Morgan fingerprint density at radius 2 is 2.00 bits per heavy atom. The summed E-state index contributed by atoms with van der Waals surface area (Å²) in [5, 5.41) is 10.8. The molecule has 5 nitrogen and oxygen atoms in total. The largest absolute Gasteiger partial charge is 0.367 e. The monoisotopic (exact) mass is 336 g/mol. The predicted molar refractivity (Wildman–Crippen MR) is 95.5 cm³/mol. The molecule has 2 aromatic carbocycles. The van der Waals surface area contributed by atoms with E-state index in [1.165, 1.54) is 28.2 Å². The minimum Gasteiger partial charge on any atom is -0.367 e. The van der Waals surface area contributed by atoms with E-state index in [1.54, 1.807) is 5.51 Å². The van der Waals surface area contributed by atoms with Gasteiger partial charge in [-0.15, -0.1) is 10.2 Å². The molecule has 1 aliphatic rings. The lowest BCUT2D eigenvalue weighted by Crippen LogP contribution is -2.19. The van der Waals surface area contributed by atoms with Crippen LogP contribution >= 0.6 is 11.3 Å². The van der Waals surface area contributed by atoms with Gasteiger partial charge in [0, 0.05) is 24.3 Å². The highest BCUT2D eigenvalue weighted by molar-refractivity contribution is 7.13. The second kappa shape index (κ2) is 6.41. The molecule has 1 amide bonds. The third-order valence-electron chi connectivity index (χ3n) is 4.15. The molecule has 4 rings (SSSR count). The summed E-state index contributed by atoms with van der Waals surface area (Å²) in [6.07, 6.45) is 1.10. The molecule has 0 atom stereocenters. The van der Waals surface area contributed by atoms with Crippen molar-refractivity contribution in [2.24, 2.45) is 0 Å². The fraction of sp³-hybridized carbons (Fsp3) is 0.167. The van der Waals surface area contributed by atoms with Gasteiger partial charge in [-0.05, 0) is 35.7 Å². The summed E-state index contributed by atoms with van der Waals surface area (Å²) in [4.78, 5) is 14.5. The van der Waals surface area contributed by atoms with Crippen LogP contribution in [-0.4, -0.2) is 22.6 Å². The zero-order valence-electron chi connectivity index (χ0n) is 13.0. The lowest BCUT2D eigenvalue weighted by atomic mass is 10.1. The van der Waals surface area contributed by atoms with Gasteiger partial charge in [0.1, 0.15) is 5.51 Å². The summed E-state index contributed by atoms with van der Waals surface area (Å²) in [6.45, 7) is 1.90. The van der Waals surface area contributed by atoms with Gasteiger partial charge in [-0.1, -0.05) is 41.7 Å². The molecule has 0 bridgehead atoms. The first-order chi connectivity index (χ1) is 11.8. The number of hydrogen-bond donors (Lipinski definition) is 1. The van der Waals surface area contributed by atoms with E-state index in [2.05, 4.69) is 44.7 Å². The number of amides is 1. The maximum Gasteiger partial charge on any atom is 0.257 e. The maximum absolute atomic E-state index is 12.1. The molecule has 0 saturated heterocycles. The quantitative estimate of drug-likeness (QED) is 0.794. The number of rotatable bonds is 4. The SMILES string of the molecule is O=C(Nc1nncs1)c1ccc(CN2CCc3ccccc32)cc1. The highest BCUT2D eigenvalue weighted by Gasteiger charge is 2.18. The predicted octanol–water partition coefficient (Wildman–Crippen LogP) is 3.35. The molecule has 6 heteroatoms. The number of anilines is 2. The minimum absolute atomic E-state index is 0.162. The number of fused-ring (bicyclic) bond motifs is 1. The fourth-order valence-electron chi connectivity index (χ4n) is 2.95. The molecule has 1 N–H and O–H groups in total. The van der Waals surface area contributed by atoms with E-state index in [1.807, 2.05) is 24.3 Å². The summed E-state index contributed by atoms with van der Waals surface area (Å²) in [5.74, 6) is -0.162. The van der Waals surface area contributed by atoms with Crippen molar-refractivity contribution < 1.29 is 4.79 Å². The van der Waals surface area contributed by atoms with E-state index in [9.17, 15) is 4.79 Å². The van der Waals surface area contributed by atoms with Crippen LogP contribution in [-0.2, 0) is 13.0 Å². The number of carbonyl (C=O) groups is 1. The van der Waals surface area contributed by atoms with Crippen molar-refractivity contribution in [1.29, 1.82) is 0 Å². The van der Waals surface area contributed by atoms with Crippen molar-refractivity contribution in [3.8, 4) is 0 Å². The van der Waals surface area contributed by atoms with Gasteiger partial charge in [-0.2, -0.15) is 0 Å². The number of benzene rings is 2. The highest BCUT2D eigenvalue weighted by Crippen LogP contribution is 2.28. The topological polar surface area (TPSA) is 58.1 Å². The van der Waals surface area contributed by atoms with Gasteiger partial charge < -0.3 is 4.90 Å². The summed E-state index contributed by atoms with van der Waals surface area (Å²) in [5.41, 5.74) is 6.13. The molecule has 0 fully saturated rings. The van der Waals surface area contributed by atoms with Gasteiger partial charge in [0.2, 0.25) is 5.13 Å². The Kier molecular flexibility index (Phi) is 3.96. The van der Waals surface area contributed by atoms with Gasteiger partial charge >= 0.3 is 0 Å². The van der Waals surface area contributed by atoms with E-state index >= 15 is 0 Å². The van der Waals surface area contributed by atoms with Crippen molar-refractivity contribution in [2.45, 2.75) is 13.0 Å². The summed E-state index contributed by atoms with van der Waals surface area (Å²) >= 11 is 1.30. The molecular weight excluding hydrogens is 320 g/mol. The van der Waals surface area contributed by atoms with Crippen LogP contribution in [0.1, 0.15) is 21.5 Å². The van der Waals surface area contributed by atoms with Crippen LogP contribution in [0, 0.1) is 0 Å². The summed E-state index contributed by atoms with van der Waals surface area (Å²) < 4.78 is 0. The third-order valence-corrected chi connectivity index (χ3v) is 4.76. The van der Waals surface area contributed by atoms with Crippen LogP contribution in [0.5, 0.6) is 0 Å². The Hall–Kier alpha value is -2.73. The number of nitrogens with one attached hydrogen (secondary N) is 1. The van der Waals surface area contributed by atoms with E-state index < -0.39 is 0 Å². The van der Waals surface area contributed by atoms with Gasteiger partial charge in [-0.3, -0.25) is 10.1 Å². The molecule has 0 aliphatic carbocycles. The number of carbonyl (C=O) groups excluding carboxylic acids is 1. The minimum atomic E-state index is -0.162. The van der Waals surface area contributed by atoms with Crippen LogP contribution < -0.4 is 10.2 Å². The standard InChI is InChI=1S/C18H16N4OS/c23-17(20-18-21-19-12-24-18)15-7-5-13(6-8-15)11-22-10-9-14-3-1-2-4-16(14)22/h1-8,12H,9-11H2,(H,20,21,23). The molecule has 2 heterocycles. The van der Waals surface area contributed by atoms with E-state index in [0.717, 1.165) is 19.5 Å². The Balaban J connectivity index is 1.44. The second-order valence-corrected chi connectivity index (χ2v) is 6.53. The van der Waals surface area contributed by atoms with Crippen molar-refractivity contribution in [2.75, 3.05) is 16.8 Å². The van der Waals surface area contributed by atoms with Gasteiger partial charge in [0.15, 0.2) is 0 Å². The molecule has 0 radical (unpaired) electrons. The van der Waals surface area contributed by atoms with Gasteiger partial charge in [0.25, 0.3) is 5.91 Å². The highest BCUT2D eigenvalue weighted by atomic mass is 32.1. The van der Waals surface area contributed by atoms with E-state index in [-0.39, 0.29) is 5.91 Å². The van der Waals surface area contributed by atoms with Crippen molar-refractivity contribution >= 4 is 28.1 Å². The van der Waals surface area contributed by atoms with Gasteiger partial charge in [-0.25, -0.2) is 0 Å². The molecule has 1 aromatic heterocycles. The lowest BCUT2D eigenvalue weighted by Gasteiger charge is -2.19. The molecular formula is C18H16N4OS. The Morgan fingerprint density at radius 1 is 1.17 bits per heavy atom. The molecule has 1 aliphatic heterocycles. The summed E-state index contributed by atoms with van der Waals surface area (Å²) in [6, 6.07) is 16.3. The number of nitrogens with zero attached hydrogens (tertiary/aromatic N) is 3. The third kappa shape index (κ3) is 3.00. The zero-order valence-corrected chi connectivity index (χ0v) is 13.8. The Morgan fingerprint density at radius 3 is 2.79 bits per heavy atom. The molecule has 0 saturated carbocycles. The average Bonchev–Trinajstić information content (AvgIpc) is 3.26. The van der Waals surface area contributed by atoms with Crippen LogP contribution in [0.2, 0.25) is 0 Å². The van der Waals surface area contributed by atoms with Gasteiger partial charge in [0.05, 0.1) is 0 Å². The number of hydrogen-bond acceptors (Lipinski definition) is 5. The lowest BCUT2D eigenvalue weighted by molar-refractivity contribution is 0.102. The van der Waals surface area contributed by atoms with Crippen molar-refractivity contribution in [1.82, 2.24) is 10.2 Å². The first-order valence-electron chi connectivity index (χ1n) is 7.79. The van der Waals surface area contributed by atoms with E-state index in [4.69, 9.17) is 0 Å². The molecule has 24 heavy (non-hydrogen) atoms. The van der Waals surface area contributed by atoms with Crippen molar-refractivity contribution in [3.05, 3.63) is 70.7 Å². The Bertz CT molecular complexity index is 846.